The summed E-state index contributed by atoms with van der Waals surface area (Å²) < 4.78 is 45.0. The first-order valence-electron chi connectivity index (χ1n) is 5.63. The zero-order valence-electron chi connectivity index (χ0n) is 10.7. The number of nitrogens with zero attached hydrogens (tertiary/aromatic N) is 3. The normalized spacial score (nSPS) is 12.0. The number of carbonyl (C=O) groups is 1. The van der Waals surface area contributed by atoms with E-state index in [1.165, 1.54) is 7.11 Å². The molecular formula is C10H10ClF3N4O2S. The Kier molecular flexibility index (Phi) is 4.69. The van der Waals surface area contributed by atoms with Crippen molar-refractivity contribution >= 4 is 33.8 Å². The molecule has 0 bridgehead atoms. The molecule has 0 aliphatic carbocycles. The topological polar surface area (TPSA) is 68.5 Å². The van der Waals surface area contributed by atoms with Crippen molar-refractivity contribution in [2.45, 2.75) is 19.3 Å². The minimum atomic E-state index is -4.64. The monoisotopic (exact) mass is 342 g/mol. The molecule has 2 aromatic rings. The number of nitrogens with one attached hydrogen (secondary N) is 1. The Morgan fingerprint density at radius 3 is 2.81 bits per heavy atom. The number of hydrogen-bond donors (Lipinski definition) is 1. The smallest absolute Gasteiger partial charge is 0.377 e. The van der Waals surface area contributed by atoms with E-state index >= 15 is 0 Å². The maximum absolute atomic E-state index is 13.1. The fourth-order valence-corrected chi connectivity index (χ4v) is 2.63. The van der Waals surface area contributed by atoms with Crippen LogP contribution >= 0.6 is 22.9 Å². The lowest BCUT2D eigenvalue weighted by Crippen LogP contribution is -2.25. The number of imidazole rings is 1. The molecule has 2 heterocycles. The molecule has 0 unspecified atom stereocenters. The van der Waals surface area contributed by atoms with Crippen molar-refractivity contribution in [1.29, 1.82) is 0 Å². The van der Waals surface area contributed by atoms with Gasteiger partial charge >= 0.3 is 6.18 Å². The number of fused-ring (bicyclic) bond motifs is 1. The van der Waals surface area contributed by atoms with Gasteiger partial charge in [0.15, 0.2) is 5.69 Å². The van der Waals surface area contributed by atoms with Gasteiger partial charge in [-0.25, -0.2) is 4.98 Å². The average Bonchev–Trinajstić information content (AvgIpc) is 2.91. The van der Waals surface area contributed by atoms with Crippen molar-refractivity contribution in [1.82, 2.24) is 19.9 Å². The molecule has 0 radical (unpaired) electrons. The van der Waals surface area contributed by atoms with Crippen molar-refractivity contribution in [3.05, 3.63) is 16.4 Å². The lowest BCUT2D eigenvalue weighted by Gasteiger charge is -2.08. The van der Waals surface area contributed by atoms with E-state index in [0.29, 0.717) is 5.01 Å². The van der Waals surface area contributed by atoms with E-state index in [1.54, 1.807) is 0 Å². The number of carbonyl (C=O) groups excluding carboxylic acids is 1. The second-order valence-corrected chi connectivity index (χ2v) is 5.25. The second-order valence-electron chi connectivity index (χ2n) is 3.94. The number of amides is 1. The Morgan fingerprint density at radius 1 is 1.52 bits per heavy atom. The number of ether oxygens (including phenoxy) is 1. The maximum atomic E-state index is 13.1. The predicted molar refractivity (Wildman–Crippen MR) is 69.1 cm³/mol. The molecule has 0 saturated heterocycles. The Labute approximate surface area is 125 Å². The largest absolute Gasteiger partial charge is 0.435 e. The zero-order chi connectivity index (χ0) is 15.6. The molecule has 1 amide bonds. The number of halogens is 4. The first-order chi connectivity index (χ1) is 9.86. The van der Waals surface area contributed by atoms with E-state index in [0.717, 1.165) is 15.9 Å². The van der Waals surface area contributed by atoms with Gasteiger partial charge in [0.2, 0.25) is 10.9 Å². The summed E-state index contributed by atoms with van der Waals surface area (Å²) in [6.45, 7) is -0.264. The highest BCUT2D eigenvalue weighted by atomic mass is 35.5. The van der Waals surface area contributed by atoms with E-state index in [9.17, 15) is 18.0 Å². The van der Waals surface area contributed by atoms with Gasteiger partial charge in [0.05, 0.1) is 18.8 Å². The molecule has 0 aliphatic heterocycles. The number of rotatable bonds is 5. The zero-order valence-corrected chi connectivity index (χ0v) is 12.3. The van der Waals surface area contributed by atoms with E-state index in [-0.39, 0.29) is 29.7 Å². The molecule has 21 heavy (non-hydrogen) atoms. The van der Waals surface area contributed by atoms with Crippen LogP contribution in [0.1, 0.15) is 16.4 Å². The molecule has 116 valence electrons. The Bertz CT molecular complexity index is 655. The molecule has 0 saturated carbocycles. The third-order valence-electron chi connectivity index (χ3n) is 2.43. The van der Waals surface area contributed by atoms with Gasteiger partial charge in [0, 0.05) is 7.11 Å². The van der Waals surface area contributed by atoms with Gasteiger partial charge in [-0.15, -0.1) is 11.6 Å². The number of alkyl halides is 4. The highest BCUT2D eigenvalue weighted by Gasteiger charge is 2.39. The fraction of sp³-hybridized carbons (Fsp3) is 0.500. The quantitative estimate of drug-likeness (QED) is 0.841. The third-order valence-corrected chi connectivity index (χ3v) is 3.55. The predicted octanol–water partition coefficient (Wildman–Crippen LogP) is 1.81. The summed E-state index contributed by atoms with van der Waals surface area (Å²) in [5.74, 6) is -0.908. The van der Waals surface area contributed by atoms with E-state index in [2.05, 4.69) is 15.4 Å². The van der Waals surface area contributed by atoms with Crippen molar-refractivity contribution in [3.8, 4) is 0 Å². The number of aromatic nitrogens is 3. The fourth-order valence-electron chi connectivity index (χ4n) is 1.65. The minimum Gasteiger partial charge on any atom is -0.377 e. The first-order valence-corrected chi connectivity index (χ1v) is 6.98. The Morgan fingerprint density at radius 2 is 2.24 bits per heavy atom. The third kappa shape index (κ3) is 3.44. The highest BCUT2D eigenvalue weighted by molar-refractivity contribution is 7.16. The lowest BCUT2D eigenvalue weighted by molar-refractivity contribution is -0.143. The summed E-state index contributed by atoms with van der Waals surface area (Å²) >= 11 is 6.27. The second kappa shape index (κ2) is 6.16. The molecule has 1 N–H and O–H groups in total. The minimum absolute atomic E-state index is 0.0875. The van der Waals surface area contributed by atoms with Crippen LogP contribution < -0.4 is 5.32 Å². The molecule has 6 nitrogen and oxygen atoms in total. The first kappa shape index (κ1) is 16.0. The molecule has 0 spiro atoms. The average molecular weight is 343 g/mol. The van der Waals surface area contributed by atoms with Gasteiger partial charge in [0.25, 0.3) is 0 Å². The molecule has 2 aromatic heterocycles. The van der Waals surface area contributed by atoms with Crippen LogP contribution in [-0.2, 0) is 28.9 Å². The van der Waals surface area contributed by atoms with Gasteiger partial charge in [-0.2, -0.15) is 22.8 Å². The standard InChI is InChI=1S/C10H10ClF3N4O2S/c1-20-4-7-17-18-8(10(12,13)14)5(16-9(18)21-7)3-15-6(19)2-11/h2-4H2,1H3,(H,15,19). The van der Waals surface area contributed by atoms with Crippen LogP contribution in [0.3, 0.4) is 0 Å². The lowest BCUT2D eigenvalue weighted by atomic mass is 10.3. The van der Waals surface area contributed by atoms with Crippen molar-refractivity contribution < 1.29 is 22.7 Å². The van der Waals surface area contributed by atoms with Crippen LogP contribution in [0.4, 0.5) is 13.2 Å². The van der Waals surface area contributed by atoms with Crippen LogP contribution in [0.15, 0.2) is 0 Å². The van der Waals surface area contributed by atoms with E-state index < -0.39 is 17.8 Å². The van der Waals surface area contributed by atoms with Crippen LogP contribution in [0.2, 0.25) is 0 Å². The molecule has 11 heteroatoms. The molecule has 2 rings (SSSR count). The Hall–Kier alpha value is -1.39. The van der Waals surface area contributed by atoms with Crippen molar-refractivity contribution in [2.24, 2.45) is 0 Å². The summed E-state index contributed by atoms with van der Waals surface area (Å²) in [6, 6.07) is 0. The highest BCUT2D eigenvalue weighted by Crippen LogP contribution is 2.33. The molecule has 0 aliphatic rings. The summed E-state index contributed by atoms with van der Waals surface area (Å²) in [4.78, 5) is 15.0. The SMILES string of the molecule is COCc1nn2c(C(F)(F)F)c(CNC(=O)CCl)nc2s1. The van der Waals surface area contributed by atoms with Crippen LogP contribution in [0, 0.1) is 0 Å². The van der Waals surface area contributed by atoms with Crippen LogP contribution in [0.25, 0.3) is 4.96 Å². The van der Waals surface area contributed by atoms with Crippen LogP contribution in [0.5, 0.6) is 0 Å². The van der Waals surface area contributed by atoms with Crippen LogP contribution in [-0.4, -0.2) is 33.5 Å². The van der Waals surface area contributed by atoms with Gasteiger partial charge in [-0.05, 0) is 0 Å². The Balaban J connectivity index is 2.40. The maximum Gasteiger partial charge on any atom is 0.435 e. The van der Waals surface area contributed by atoms with Gasteiger partial charge in [0.1, 0.15) is 10.9 Å². The van der Waals surface area contributed by atoms with Gasteiger partial charge in [-0.1, -0.05) is 11.3 Å². The van der Waals surface area contributed by atoms with Crippen molar-refractivity contribution in [2.75, 3.05) is 13.0 Å². The van der Waals surface area contributed by atoms with E-state index in [1.807, 2.05) is 0 Å². The summed E-state index contributed by atoms with van der Waals surface area (Å²) in [7, 11) is 1.42. The van der Waals surface area contributed by atoms with Gasteiger partial charge in [-0.3, -0.25) is 4.79 Å². The molecule has 0 fully saturated rings. The van der Waals surface area contributed by atoms with Gasteiger partial charge < -0.3 is 10.1 Å². The summed E-state index contributed by atoms with van der Waals surface area (Å²) in [6.07, 6.45) is -4.64. The number of methoxy groups -OCH3 is 1. The molecular weight excluding hydrogens is 333 g/mol. The molecule has 0 atom stereocenters. The number of hydrogen-bond acceptors (Lipinski definition) is 5. The molecule has 0 aromatic carbocycles. The summed E-state index contributed by atoms with van der Waals surface area (Å²) in [5.41, 5.74) is -1.31. The van der Waals surface area contributed by atoms with Crippen molar-refractivity contribution in [3.63, 3.8) is 0 Å². The summed E-state index contributed by atoms with van der Waals surface area (Å²) in [5, 5.41) is 6.46. The van der Waals surface area contributed by atoms with E-state index in [4.69, 9.17) is 16.3 Å².